The first-order valence-corrected chi connectivity index (χ1v) is 3.20. The van der Waals surface area contributed by atoms with E-state index in [4.69, 9.17) is 0 Å². The largest absolute Gasteiger partial charge is 0.461 e. The lowest BCUT2D eigenvalue weighted by atomic mass is 10.4. The number of carbonyl (C=O) groups excluding carboxylic acids is 1. The van der Waals surface area contributed by atoms with Crippen molar-refractivity contribution in [2.24, 2.45) is 0 Å². The molecule has 0 amide bonds. The van der Waals surface area contributed by atoms with Gasteiger partial charge in [0.2, 0.25) is 0 Å². The maximum absolute atomic E-state index is 10.9. The third-order valence-corrected chi connectivity index (χ3v) is 1.04. The third-order valence-electron chi connectivity index (χ3n) is 1.04. The van der Waals surface area contributed by atoms with Gasteiger partial charge >= 0.3 is 5.97 Å². The number of ether oxygens (including phenoxy) is 1. The number of hydrogen-bond donors (Lipinski definition) is 0. The number of nitrogens with zero attached hydrogens (tertiary/aromatic N) is 1. The highest BCUT2D eigenvalue weighted by Gasteiger charge is 2.10. The van der Waals surface area contributed by atoms with E-state index in [1.165, 1.54) is 6.07 Å². The summed E-state index contributed by atoms with van der Waals surface area (Å²) in [4.78, 5) is 10.9. The summed E-state index contributed by atoms with van der Waals surface area (Å²) in [5.74, 6) is -0.126. The molecule has 0 aliphatic heterocycles. The van der Waals surface area contributed by atoms with Gasteiger partial charge in [-0.3, -0.25) is 0 Å². The van der Waals surface area contributed by atoms with Crippen LogP contribution in [0.5, 0.6) is 0 Å². The Bertz CT molecular complexity index is 254. The fourth-order valence-electron chi connectivity index (χ4n) is 0.614. The molecular formula is C7H8NO3. The van der Waals surface area contributed by atoms with Crippen molar-refractivity contribution in [1.82, 2.24) is 5.16 Å². The van der Waals surface area contributed by atoms with E-state index in [2.05, 4.69) is 21.3 Å². The molecule has 0 N–H and O–H groups in total. The van der Waals surface area contributed by atoms with Crippen molar-refractivity contribution in [3.05, 3.63) is 24.4 Å². The maximum atomic E-state index is 10.9. The Morgan fingerprint density at radius 1 is 1.91 bits per heavy atom. The van der Waals surface area contributed by atoms with Gasteiger partial charge < -0.3 is 9.26 Å². The first kappa shape index (κ1) is 7.78. The van der Waals surface area contributed by atoms with Crippen LogP contribution in [0.3, 0.4) is 0 Å². The van der Waals surface area contributed by atoms with Gasteiger partial charge in [-0.15, -0.1) is 0 Å². The van der Waals surface area contributed by atoms with Gasteiger partial charge in [-0.1, -0.05) is 5.16 Å². The number of rotatable bonds is 2. The fraction of sp³-hybridized carbons (Fsp3) is 0.286. The lowest BCUT2D eigenvalue weighted by molar-refractivity contribution is 0.0514. The van der Waals surface area contributed by atoms with Gasteiger partial charge in [-0.05, 0) is 6.92 Å². The minimum absolute atomic E-state index is 0.164. The van der Waals surface area contributed by atoms with Crippen LogP contribution in [0.2, 0.25) is 0 Å². The molecule has 4 heteroatoms. The first-order chi connectivity index (χ1) is 5.24. The van der Waals surface area contributed by atoms with Crippen molar-refractivity contribution >= 4 is 5.97 Å². The van der Waals surface area contributed by atoms with E-state index in [1.807, 2.05) is 0 Å². The Balaban J connectivity index is 2.69. The summed E-state index contributed by atoms with van der Waals surface area (Å²) in [7, 11) is 0. The van der Waals surface area contributed by atoms with Gasteiger partial charge in [0.05, 0.1) is 6.61 Å². The van der Waals surface area contributed by atoms with Crippen molar-refractivity contribution in [2.75, 3.05) is 6.61 Å². The van der Waals surface area contributed by atoms with E-state index < -0.39 is 5.97 Å². The molecule has 1 aromatic rings. The molecule has 0 saturated heterocycles. The molecule has 0 bridgehead atoms. The van der Waals surface area contributed by atoms with Crippen molar-refractivity contribution in [3.8, 4) is 0 Å². The molecule has 1 aromatic heterocycles. The van der Waals surface area contributed by atoms with Crippen LogP contribution in [0.25, 0.3) is 0 Å². The second kappa shape index (κ2) is 3.18. The maximum Gasteiger partial charge on any atom is 0.360 e. The summed E-state index contributed by atoms with van der Waals surface area (Å²) >= 11 is 0. The van der Waals surface area contributed by atoms with E-state index >= 15 is 0 Å². The molecule has 59 valence electrons. The Morgan fingerprint density at radius 2 is 2.64 bits per heavy atom. The van der Waals surface area contributed by atoms with E-state index in [0.29, 0.717) is 12.4 Å². The zero-order valence-corrected chi connectivity index (χ0v) is 6.16. The Kier molecular flexibility index (Phi) is 2.25. The van der Waals surface area contributed by atoms with Gasteiger partial charge in [0.25, 0.3) is 0 Å². The lowest BCUT2D eigenvalue weighted by Gasteiger charge is -1.94. The van der Waals surface area contributed by atoms with Crippen LogP contribution >= 0.6 is 0 Å². The van der Waals surface area contributed by atoms with Crippen LogP contribution in [0.1, 0.15) is 23.2 Å². The average molecular weight is 154 g/mol. The van der Waals surface area contributed by atoms with Crippen LogP contribution in [-0.2, 0) is 4.74 Å². The van der Waals surface area contributed by atoms with Crippen molar-refractivity contribution in [1.29, 1.82) is 0 Å². The molecular weight excluding hydrogens is 146 g/mol. The molecule has 4 nitrogen and oxygen atoms in total. The Hall–Kier alpha value is -1.32. The van der Waals surface area contributed by atoms with E-state index in [-0.39, 0.29) is 5.69 Å². The summed E-state index contributed by atoms with van der Waals surface area (Å²) in [6.07, 6.45) is 0. The van der Waals surface area contributed by atoms with Gasteiger partial charge in [-0.2, -0.15) is 0 Å². The van der Waals surface area contributed by atoms with Crippen LogP contribution in [0.4, 0.5) is 0 Å². The van der Waals surface area contributed by atoms with Gasteiger partial charge in [-0.25, -0.2) is 4.79 Å². The smallest absolute Gasteiger partial charge is 0.360 e. The summed E-state index contributed by atoms with van der Waals surface area (Å²) < 4.78 is 9.22. The topological polar surface area (TPSA) is 52.3 Å². The van der Waals surface area contributed by atoms with Crippen LogP contribution in [-0.4, -0.2) is 17.7 Å². The molecule has 0 atom stereocenters. The monoisotopic (exact) mass is 154 g/mol. The van der Waals surface area contributed by atoms with Gasteiger partial charge in [0, 0.05) is 13.0 Å². The predicted molar refractivity (Wildman–Crippen MR) is 36.9 cm³/mol. The highest BCUT2D eigenvalue weighted by molar-refractivity contribution is 5.87. The Labute approximate surface area is 64.1 Å². The van der Waals surface area contributed by atoms with Gasteiger partial charge in [0.15, 0.2) is 5.69 Å². The number of hydrogen-bond acceptors (Lipinski definition) is 4. The Morgan fingerprint density at radius 3 is 3.09 bits per heavy atom. The normalized spacial score (nSPS) is 9.64. The predicted octanol–water partition coefficient (Wildman–Crippen LogP) is 1.03. The molecule has 1 rings (SSSR count). The summed E-state index contributed by atoms with van der Waals surface area (Å²) in [6, 6.07) is 1.43. The second-order valence-corrected chi connectivity index (χ2v) is 1.90. The standard InChI is InChI=1S/C7H8NO3/c1-3-10-7(9)6-4-5(2)11-8-6/h4H,2-3H2,1H3. The minimum atomic E-state index is -0.480. The van der Waals surface area contributed by atoms with E-state index in [9.17, 15) is 4.79 Å². The molecule has 1 heterocycles. The molecule has 0 fully saturated rings. The zero-order valence-electron chi connectivity index (χ0n) is 6.16. The number of aromatic nitrogens is 1. The summed E-state index contributed by atoms with van der Waals surface area (Å²) in [5, 5.41) is 3.42. The highest BCUT2D eigenvalue weighted by atomic mass is 16.5. The minimum Gasteiger partial charge on any atom is -0.461 e. The quantitative estimate of drug-likeness (QED) is 0.597. The first-order valence-electron chi connectivity index (χ1n) is 3.20. The van der Waals surface area contributed by atoms with Gasteiger partial charge in [0.1, 0.15) is 5.76 Å². The molecule has 11 heavy (non-hydrogen) atoms. The third kappa shape index (κ3) is 1.80. The molecule has 0 aliphatic carbocycles. The highest BCUT2D eigenvalue weighted by Crippen LogP contribution is 2.02. The van der Waals surface area contributed by atoms with Crippen molar-refractivity contribution in [3.63, 3.8) is 0 Å². The molecule has 0 unspecified atom stereocenters. The van der Waals surface area contributed by atoms with E-state index in [0.717, 1.165) is 0 Å². The average Bonchev–Trinajstić information content (AvgIpc) is 2.36. The molecule has 0 aromatic carbocycles. The van der Waals surface area contributed by atoms with E-state index in [1.54, 1.807) is 6.92 Å². The van der Waals surface area contributed by atoms with Crippen LogP contribution in [0.15, 0.2) is 10.6 Å². The van der Waals surface area contributed by atoms with Crippen LogP contribution < -0.4 is 0 Å². The molecule has 0 spiro atoms. The van der Waals surface area contributed by atoms with Crippen LogP contribution in [0, 0.1) is 6.92 Å². The molecule has 0 saturated carbocycles. The zero-order chi connectivity index (χ0) is 8.27. The van der Waals surface area contributed by atoms with Crippen molar-refractivity contribution in [2.45, 2.75) is 6.92 Å². The number of esters is 1. The molecule has 1 radical (unpaired) electrons. The second-order valence-electron chi connectivity index (χ2n) is 1.90. The number of carbonyl (C=O) groups is 1. The fourth-order valence-corrected chi connectivity index (χ4v) is 0.614. The SMILES string of the molecule is [CH2]c1cc(C(=O)OCC)no1. The summed E-state index contributed by atoms with van der Waals surface area (Å²) in [5.41, 5.74) is 0.164. The summed E-state index contributed by atoms with van der Waals surface area (Å²) in [6.45, 7) is 5.50. The van der Waals surface area contributed by atoms with Crippen molar-refractivity contribution < 1.29 is 14.1 Å². The lowest BCUT2D eigenvalue weighted by Crippen LogP contribution is -2.04. The molecule has 0 aliphatic rings.